The lowest BCUT2D eigenvalue weighted by Crippen LogP contribution is -2.37. The quantitative estimate of drug-likeness (QED) is 0.685. The van der Waals surface area contributed by atoms with E-state index in [1.807, 2.05) is 12.1 Å². The lowest BCUT2D eigenvalue weighted by Gasteiger charge is -2.36. The van der Waals surface area contributed by atoms with Gasteiger partial charge in [0.05, 0.1) is 30.5 Å². The first-order valence-electron chi connectivity index (χ1n) is 9.59. The monoisotopic (exact) mass is 416 g/mol. The molecule has 0 saturated carbocycles. The second-order valence-electron chi connectivity index (χ2n) is 6.99. The fourth-order valence-electron chi connectivity index (χ4n) is 3.70. The van der Waals surface area contributed by atoms with Crippen molar-refractivity contribution in [3.63, 3.8) is 0 Å². The highest BCUT2D eigenvalue weighted by Crippen LogP contribution is 2.36. The summed E-state index contributed by atoms with van der Waals surface area (Å²) in [6.07, 6.45) is 10.1. The van der Waals surface area contributed by atoms with Gasteiger partial charge in [0, 0.05) is 24.5 Å². The number of hydrogen-bond donors (Lipinski definition) is 0. The Morgan fingerprint density at radius 2 is 1.86 bits per heavy atom. The molecule has 1 atom stereocenters. The van der Waals surface area contributed by atoms with Crippen LogP contribution in [-0.4, -0.2) is 38.7 Å². The molecule has 0 aromatic heterocycles. The average molecular weight is 417 g/mol. The third-order valence-electron chi connectivity index (χ3n) is 5.21. The lowest BCUT2D eigenvalue weighted by molar-refractivity contribution is -0.139. The number of allylic oxidation sites excluding steroid dienone is 2. The van der Waals surface area contributed by atoms with E-state index in [1.165, 1.54) is 26.7 Å². The molecule has 3 rings (SSSR count). The molecule has 1 saturated heterocycles. The van der Waals surface area contributed by atoms with Crippen LogP contribution in [0, 0.1) is 0 Å². The normalized spacial score (nSPS) is 19.2. The number of carbonyl (C=O) groups excluding carboxylic acids is 2. The molecule has 0 spiro atoms. The summed E-state index contributed by atoms with van der Waals surface area (Å²) in [6, 6.07) is 6.06. The minimum Gasteiger partial charge on any atom is -0.465 e. The van der Waals surface area contributed by atoms with E-state index in [4.69, 9.17) is 21.1 Å². The van der Waals surface area contributed by atoms with Crippen molar-refractivity contribution < 1.29 is 19.1 Å². The van der Waals surface area contributed by atoms with E-state index < -0.39 is 11.9 Å². The number of halogens is 1. The van der Waals surface area contributed by atoms with Crippen LogP contribution in [0.5, 0.6) is 0 Å². The zero-order valence-corrected chi connectivity index (χ0v) is 17.6. The highest BCUT2D eigenvalue weighted by Gasteiger charge is 2.28. The lowest BCUT2D eigenvalue weighted by atomic mass is 10.0. The van der Waals surface area contributed by atoms with Gasteiger partial charge >= 0.3 is 11.9 Å². The summed E-state index contributed by atoms with van der Waals surface area (Å²) >= 11 is 6.64. The van der Waals surface area contributed by atoms with Crippen LogP contribution in [0.25, 0.3) is 0 Å². The van der Waals surface area contributed by atoms with Gasteiger partial charge in [0.15, 0.2) is 0 Å². The largest absolute Gasteiger partial charge is 0.465 e. The maximum atomic E-state index is 12.5. The van der Waals surface area contributed by atoms with Gasteiger partial charge in [-0.25, -0.2) is 9.59 Å². The molecule has 0 N–H and O–H groups in total. The van der Waals surface area contributed by atoms with Crippen LogP contribution in [-0.2, 0) is 19.1 Å². The van der Waals surface area contributed by atoms with Crippen molar-refractivity contribution in [2.24, 2.45) is 0 Å². The zero-order valence-electron chi connectivity index (χ0n) is 16.9. The van der Waals surface area contributed by atoms with Crippen LogP contribution in [0.1, 0.15) is 26.2 Å². The van der Waals surface area contributed by atoms with Crippen molar-refractivity contribution in [2.45, 2.75) is 32.2 Å². The molecule has 1 aromatic carbocycles. The van der Waals surface area contributed by atoms with E-state index in [1.54, 1.807) is 29.3 Å². The number of rotatable bonds is 4. The molecule has 29 heavy (non-hydrogen) atoms. The van der Waals surface area contributed by atoms with E-state index in [0.29, 0.717) is 16.8 Å². The molecule has 2 aliphatic heterocycles. The van der Waals surface area contributed by atoms with Crippen LogP contribution in [0.3, 0.4) is 0 Å². The number of esters is 2. The van der Waals surface area contributed by atoms with E-state index >= 15 is 0 Å². The molecule has 154 valence electrons. The molecule has 0 aliphatic carbocycles. The van der Waals surface area contributed by atoms with Crippen molar-refractivity contribution in [3.8, 4) is 0 Å². The smallest absolute Gasteiger partial charge is 0.355 e. The zero-order chi connectivity index (χ0) is 21.0. The number of ether oxygens (including phenoxy) is 2. The molecular weight excluding hydrogens is 392 g/mol. The molecular formula is C22H25ClN2O4. The summed E-state index contributed by atoms with van der Waals surface area (Å²) in [5, 5.41) is 0.589. The number of carbonyl (C=O) groups is 2. The van der Waals surface area contributed by atoms with Crippen LogP contribution in [0.15, 0.2) is 53.9 Å². The highest BCUT2D eigenvalue weighted by molar-refractivity contribution is 6.33. The van der Waals surface area contributed by atoms with Gasteiger partial charge in [-0.3, -0.25) is 0 Å². The van der Waals surface area contributed by atoms with E-state index in [2.05, 4.69) is 11.8 Å². The highest BCUT2D eigenvalue weighted by atomic mass is 35.5. The van der Waals surface area contributed by atoms with Gasteiger partial charge in [0.25, 0.3) is 0 Å². The Balaban J connectivity index is 2.04. The molecule has 0 bridgehead atoms. The van der Waals surface area contributed by atoms with Crippen molar-refractivity contribution in [2.75, 3.05) is 30.6 Å². The number of piperidine rings is 1. The van der Waals surface area contributed by atoms with Gasteiger partial charge in [-0.05, 0) is 56.5 Å². The van der Waals surface area contributed by atoms with Crippen molar-refractivity contribution in [1.82, 2.24) is 0 Å². The summed E-state index contributed by atoms with van der Waals surface area (Å²) in [7, 11) is 2.54. The summed E-state index contributed by atoms with van der Waals surface area (Å²) in [5.41, 5.74) is 1.79. The van der Waals surface area contributed by atoms with Crippen LogP contribution in [0.4, 0.5) is 11.4 Å². The number of nitrogens with zero attached hydrogens (tertiary/aromatic N) is 2. The van der Waals surface area contributed by atoms with Crippen molar-refractivity contribution in [3.05, 3.63) is 58.9 Å². The number of methoxy groups -OCH3 is 2. The first-order valence-corrected chi connectivity index (χ1v) is 9.97. The predicted octanol–water partition coefficient (Wildman–Crippen LogP) is 4.21. The maximum absolute atomic E-state index is 12.5. The predicted molar refractivity (Wildman–Crippen MR) is 114 cm³/mol. The van der Waals surface area contributed by atoms with Gasteiger partial charge in [-0.15, -0.1) is 0 Å². The van der Waals surface area contributed by atoms with Crippen LogP contribution in [0.2, 0.25) is 5.02 Å². The van der Waals surface area contributed by atoms with Gasteiger partial charge in [-0.2, -0.15) is 0 Å². The minimum absolute atomic E-state index is 0.0690. The molecule has 1 fully saturated rings. The Kier molecular flexibility index (Phi) is 6.64. The summed E-state index contributed by atoms with van der Waals surface area (Å²) < 4.78 is 9.78. The molecule has 2 aliphatic rings. The Morgan fingerprint density at radius 1 is 1.10 bits per heavy atom. The minimum atomic E-state index is -0.647. The van der Waals surface area contributed by atoms with E-state index in [9.17, 15) is 9.59 Å². The molecule has 1 unspecified atom stereocenters. The van der Waals surface area contributed by atoms with Crippen LogP contribution < -0.4 is 9.80 Å². The molecule has 7 heteroatoms. The fourth-order valence-corrected chi connectivity index (χ4v) is 3.98. The summed E-state index contributed by atoms with van der Waals surface area (Å²) in [5.74, 6) is -1.27. The summed E-state index contributed by atoms with van der Waals surface area (Å²) in [4.78, 5) is 28.7. The van der Waals surface area contributed by atoms with Crippen molar-refractivity contribution in [1.29, 1.82) is 0 Å². The third-order valence-corrected chi connectivity index (χ3v) is 5.51. The topological polar surface area (TPSA) is 59.1 Å². The Hall–Kier alpha value is -2.73. The molecule has 0 radical (unpaired) electrons. The Labute approximate surface area is 176 Å². The van der Waals surface area contributed by atoms with Crippen LogP contribution >= 0.6 is 11.6 Å². The molecule has 2 heterocycles. The summed E-state index contributed by atoms with van der Waals surface area (Å²) in [6.45, 7) is 3.17. The number of anilines is 2. The standard InChI is InChI=1S/C22H25ClN2O4/c1-15-8-4-6-12-24(15)19-11-10-16(14-18(19)23)25-13-7-5-9-17(21(26)28-2)20(25)22(27)29-3/h5,7,9-11,13-15H,4,6,8,12H2,1-3H3. The Bertz CT molecular complexity index is 891. The number of hydrogen-bond acceptors (Lipinski definition) is 6. The van der Waals surface area contributed by atoms with Gasteiger partial charge in [0.2, 0.25) is 0 Å². The molecule has 6 nitrogen and oxygen atoms in total. The fraction of sp³-hybridized carbons (Fsp3) is 0.364. The number of benzene rings is 1. The first kappa shape index (κ1) is 21.0. The second-order valence-corrected chi connectivity index (χ2v) is 7.40. The van der Waals surface area contributed by atoms with Gasteiger partial charge in [0.1, 0.15) is 5.70 Å². The Morgan fingerprint density at radius 3 is 2.52 bits per heavy atom. The second kappa shape index (κ2) is 9.18. The SMILES string of the molecule is COC(=O)C1=C(C(=O)OC)N(c2ccc(N3CCCCC3C)c(Cl)c2)C=CC=C1. The van der Waals surface area contributed by atoms with Gasteiger partial charge < -0.3 is 19.3 Å². The van der Waals surface area contributed by atoms with Crippen molar-refractivity contribution >= 4 is 34.9 Å². The molecule has 1 aromatic rings. The van der Waals surface area contributed by atoms with Gasteiger partial charge in [-0.1, -0.05) is 17.7 Å². The first-order chi connectivity index (χ1) is 14.0. The maximum Gasteiger partial charge on any atom is 0.355 e. The average Bonchev–Trinajstić information content (AvgIpc) is 2.96. The molecule has 0 amide bonds. The van der Waals surface area contributed by atoms with E-state index in [-0.39, 0.29) is 11.3 Å². The third kappa shape index (κ3) is 4.32. The van der Waals surface area contributed by atoms with E-state index in [0.717, 1.165) is 25.1 Å².